The molecule has 0 heterocycles. The van der Waals surface area contributed by atoms with Crippen molar-refractivity contribution in [2.24, 2.45) is 10.8 Å². The van der Waals surface area contributed by atoms with Crippen molar-refractivity contribution in [1.29, 1.82) is 0 Å². The van der Waals surface area contributed by atoms with Crippen molar-refractivity contribution in [1.82, 2.24) is 0 Å². The van der Waals surface area contributed by atoms with Gasteiger partial charge in [0.25, 0.3) is 0 Å². The fourth-order valence-corrected chi connectivity index (χ4v) is 1.85. The number of unbranched alkanes of at least 4 members (excludes halogenated alkanes) is 3. The molecule has 2 nitrogen and oxygen atoms in total. The Bertz CT molecular complexity index is 243. The van der Waals surface area contributed by atoms with E-state index in [1.807, 2.05) is 20.8 Å². The Morgan fingerprint density at radius 1 is 0.842 bits per heavy atom. The SMILES string of the molecule is CC(C)(C)CCCCCCOCCC(=O)C(C)(C)C. The zero-order chi connectivity index (χ0) is 14.9. The predicted octanol–water partition coefficient (Wildman–Crippen LogP) is 5.00. The highest BCUT2D eigenvalue weighted by Crippen LogP contribution is 2.22. The van der Waals surface area contributed by atoms with Gasteiger partial charge in [-0.2, -0.15) is 0 Å². The van der Waals surface area contributed by atoms with E-state index in [0.717, 1.165) is 13.0 Å². The second kappa shape index (κ2) is 8.73. The lowest BCUT2D eigenvalue weighted by molar-refractivity contribution is -0.127. The van der Waals surface area contributed by atoms with Gasteiger partial charge in [-0.3, -0.25) is 4.79 Å². The topological polar surface area (TPSA) is 26.3 Å². The van der Waals surface area contributed by atoms with Gasteiger partial charge in [-0.1, -0.05) is 60.8 Å². The molecule has 19 heavy (non-hydrogen) atoms. The standard InChI is InChI=1S/C17H34O2/c1-16(2,3)12-9-7-8-10-13-19-14-11-15(18)17(4,5)6/h7-14H2,1-6H3. The third kappa shape index (κ3) is 12.4. The molecule has 0 aliphatic carbocycles. The molecule has 0 saturated carbocycles. The highest BCUT2D eigenvalue weighted by atomic mass is 16.5. The van der Waals surface area contributed by atoms with Crippen LogP contribution in [0.1, 0.15) is 80.1 Å². The minimum atomic E-state index is -0.226. The average Bonchev–Trinajstić information content (AvgIpc) is 2.23. The van der Waals surface area contributed by atoms with Crippen LogP contribution in [0.3, 0.4) is 0 Å². The first kappa shape index (κ1) is 18.6. The highest BCUT2D eigenvalue weighted by Gasteiger charge is 2.20. The van der Waals surface area contributed by atoms with Gasteiger partial charge in [0.1, 0.15) is 5.78 Å². The number of hydrogen-bond acceptors (Lipinski definition) is 2. The van der Waals surface area contributed by atoms with Crippen LogP contribution < -0.4 is 0 Å². The van der Waals surface area contributed by atoms with Gasteiger partial charge in [0.05, 0.1) is 6.61 Å². The van der Waals surface area contributed by atoms with Crippen LogP contribution in [0.5, 0.6) is 0 Å². The first-order valence-electron chi connectivity index (χ1n) is 7.74. The highest BCUT2D eigenvalue weighted by molar-refractivity contribution is 5.83. The van der Waals surface area contributed by atoms with Gasteiger partial charge in [0.15, 0.2) is 0 Å². The minimum Gasteiger partial charge on any atom is -0.381 e. The van der Waals surface area contributed by atoms with E-state index in [4.69, 9.17) is 4.74 Å². The second-order valence-electron chi connectivity index (χ2n) is 7.76. The number of rotatable bonds is 9. The molecule has 0 spiro atoms. The Kier molecular flexibility index (Phi) is 8.56. The van der Waals surface area contributed by atoms with Gasteiger partial charge in [-0.25, -0.2) is 0 Å². The van der Waals surface area contributed by atoms with E-state index in [0.29, 0.717) is 18.4 Å². The van der Waals surface area contributed by atoms with E-state index in [1.165, 1.54) is 25.7 Å². The molecule has 0 aromatic heterocycles. The quantitative estimate of drug-likeness (QED) is 0.551. The van der Waals surface area contributed by atoms with Crippen LogP contribution in [0, 0.1) is 10.8 Å². The Hall–Kier alpha value is -0.370. The first-order valence-corrected chi connectivity index (χ1v) is 7.74. The number of Topliss-reactive ketones (excluding diaryl/α,β-unsaturated/α-hetero) is 1. The fourth-order valence-electron chi connectivity index (χ4n) is 1.85. The summed E-state index contributed by atoms with van der Waals surface area (Å²) in [5.41, 5.74) is 0.236. The van der Waals surface area contributed by atoms with Gasteiger partial charge in [-0.05, 0) is 18.3 Å². The Balaban J connectivity index is 3.31. The first-order chi connectivity index (χ1) is 8.63. The molecule has 0 bridgehead atoms. The van der Waals surface area contributed by atoms with E-state index >= 15 is 0 Å². The number of carbonyl (C=O) groups is 1. The van der Waals surface area contributed by atoms with Crippen LogP contribution in [0.2, 0.25) is 0 Å². The Morgan fingerprint density at radius 2 is 1.42 bits per heavy atom. The lowest BCUT2D eigenvalue weighted by Gasteiger charge is -2.17. The van der Waals surface area contributed by atoms with Crippen LogP contribution in [0.15, 0.2) is 0 Å². The molecule has 0 fully saturated rings. The normalized spacial score (nSPS) is 12.7. The summed E-state index contributed by atoms with van der Waals surface area (Å²) in [4.78, 5) is 11.7. The molecule has 0 amide bonds. The zero-order valence-corrected chi connectivity index (χ0v) is 14.0. The molecule has 0 radical (unpaired) electrons. The lowest BCUT2D eigenvalue weighted by Crippen LogP contribution is -2.21. The van der Waals surface area contributed by atoms with Crippen LogP contribution in [-0.2, 0) is 9.53 Å². The average molecular weight is 270 g/mol. The van der Waals surface area contributed by atoms with E-state index in [2.05, 4.69) is 20.8 Å². The second-order valence-corrected chi connectivity index (χ2v) is 7.76. The van der Waals surface area contributed by atoms with E-state index in [1.54, 1.807) is 0 Å². The molecule has 0 aromatic rings. The molecule has 0 N–H and O–H groups in total. The van der Waals surface area contributed by atoms with Crippen molar-refractivity contribution in [2.75, 3.05) is 13.2 Å². The zero-order valence-electron chi connectivity index (χ0n) is 14.0. The number of carbonyl (C=O) groups excluding carboxylic acids is 1. The third-order valence-corrected chi connectivity index (χ3v) is 3.28. The summed E-state index contributed by atoms with van der Waals surface area (Å²) in [6, 6.07) is 0. The Labute approximate surface area is 120 Å². The largest absolute Gasteiger partial charge is 0.381 e. The van der Waals surface area contributed by atoms with Crippen LogP contribution in [-0.4, -0.2) is 19.0 Å². The van der Waals surface area contributed by atoms with E-state index in [9.17, 15) is 4.79 Å². The number of ether oxygens (including phenoxy) is 1. The molecular formula is C17H34O2. The summed E-state index contributed by atoms with van der Waals surface area (Å²) in [7, 11) is 0. The van der Waals surface area contributed by atoms with Gasteiger partial charge in [-0.15, -0.1) is 0 Å². The maximum absolute atomic E-state index is 11.7. The molecule has 0 atom stereocenters. The molecule has 0 rings (SSSR count). The monoisotopic (exact) mass is 270 g/mol. The molecule has 114 valence electrons. The Morgan fingerprint density at radius 3 is 1.95 bits per heavy atom. The maximum atomic E-state index is 11.7. The fraction of sp³-hybridized carbons (Fsp3) is 0.941. The molecule has 0 aliphatic heterocycles. The number of hydrogen-bond donors (Lipinski definition) is 0. The predicted molar refractivity (Wildman–Crippen MR) is 82.4 cm³/mol. The summed E-state index contributed by atoms with van der Waals surface area (Å²) < 4.78 is 5.53. The van der Waals surface area contributed by atoms with E-state index in [-0.39, 0.29) is 11.2 Å². The van der Waals surface area contributed by atoms with E-state index < -0.39 is 0 Å². The van der Waals surface area contributed by atoms with Crippen LogP contribution >= 0.6 is 0 Å². The van der Waals surface area contributed by atoms with Crippen molar-refractivity contribution in [2.45, 2.75) is 80.1 Å². The van der Waals surface area contributed by atoms with Gasteiger partial charge in [0, 0.05) is 18.4 Å². The van der Waals surface area contributed by atoms with Crippen molar-refractivity contribution < 1.29 is 9.53 Å². The molecule has 0 saturated heterocycles. The smallest absolute Gasteiger partial charge is 0.140 e. The summed E-state index contributed by atoms with van der Waals surface area (Å²) in [6.07, 6.45) is 6.81. The number of ketones is 1. The molecule has 0 aliphatic rings. The summed E-state index contributed by atoms with van der Waals surface area (Å²) in [5.74, 6) is 0.290. The lowest BCUT2D eigenvalue weighted by atomic mass is 9.89. The molecule has 0 unspecified atom stereocenters. The van der Waals surface area contributed by atoms with Crippen molar-refractivity contribution in [3.05, 3.63) is 0 Å². The van der Waals surface area contributed by atoms with Gasteiger partial charge >= 0.3 is 0 Å². The van der Waals surface area contributed by atoms with Gasteiger partial charge < -0.3 is 4.74 Å². The summed E-state index contributed by atoms with van der Waals surface area (Å²) in [6.45, 7) is 14.2. The van der Waals surface area contributed by atoms with Crippen molar-refractivity contribution in [3.63, 3.8) is 0 Å². The van der Waals surface area contributed by atoms with Crippen molar-refractivity contribution in [3.8, 4) is 0 Å². The van der Waals surface area contributed by atoms with Crippen molar-refractivity contribution >= 4 is 5.78 Å². The van der Waals surface area contributed by atoms with Crippen LogP contribution in [0.25, 0.3) is 0 Å². The third-order valence-electron chi connectivity index (χ3n) is 3.28. The summed E-state index contributed by atoms with van der Waals surface area (Å²) >= 11 is 0. The molecule has 0 aromatic carbocycles. The maximum Gasteiger partial charge on any atom is 0.140 e. The van der Waals surface area contributed by atoms with Crippen LogP contribution in [0.4, 0.5) is 0 Å². The molecular weight excluding hydrogens is 236 g/mol. The minimum absolute atomic E-state index is 0.226. The molecule has 2 heteroatoms. The van der Waals surface area contributed by atoms with Gasteiger partial charge in [0.2, 0.25) is 0 Å². The summed E-state index contributed by atoms with van der Waals surface area (Å²) in [5, 5.41) is 0.